The number of halogens is 1. The molecule has 0 aliphatic heterocycles. The smallest absolute Gasteiger partial charge is 0.218 e. The van der Waals surface area contributed by atoms with Crippen molar-refractivity contribution in [2.45, 2.75) is 28.5 Å². The van der Waals surface area contributed by atoms with Gasteiger partial charge in [0.1, 0.15) is 4.90 Å². The van der Waals surface area contributed by atoms with Crippen LogP contribution in [-0.2, 0) is 20.1 Å². The first-order valence-electron chi connectivity index (χ1n) is 5.99. The summed E-state index contributed by atoms with van der Waals surface area (Å²) in [5.41, 5.74) is 1.38. The second-order valence-corrected chi connectivity index (χ2v) is 7.94. The number of hydrogen-bond acceptors (Lipinski definition) is 4. The van der Waals surface area contributed by atoms with E-state index in [2.05, 4.69) is 0 Å². The van der Waals surface area contributed by atoms with Crippen LogP contribution >= 0.6 is 0 Å². The van der Waals surface area contributed by atoms with Crippen molar-refractivity contribution in [2.75, 3.05) is 0 Å². The summed E-state index contributed by atoms with van der Waals surface area (Å²) in [5.74, 6) is 0. The first-order valence-corrected chi connectivity index (χ1v) is 8.86. The third-order valence-corrected chi connectivity index (χ3v) is 5.80. The Bertz CT molecular complexity index is 883. The van der Waals surface area contributed by atoms with E-state index < -0.39 is 29.9 Å². The molecule has 2 aromatic rings. The standard InChI is InChI=1S/C14H13FO4S2/c1-10-3-6-12(7-4-10)20(16,17)14-9-11(2)5-8-13(14)21(15,18)19/h3-9H,1-2H3. The maximum Gasteiger partial charge on any atom is 0.333 e. The molecule has 0 fully saturated rings. The summed E-state index contributed by atoms with van der Waals surface area (Å²) in [6, 6.07) is 9.37. The summed E-state index contributed by atoms with van der Waals surface area (Å²) in [5, 5.41) is 0. The zero-order chi connectivity index (χ0) is 15.8. The summed E-state index contributed by atoms with van der Waals surface area (Å²) in [6.07, 6.45) is 0. The topological polar surface area (TPSA) is 68.3 Å². The van der Waals surface area contributed by atoms with Crippen LogP contribution in [0.15, 0.2) is 57.2 Å². The Hall–Kier alpha value is -1.73. The molecule has 7 heteroatoms. The van der Waals surface area contributed by atoms with Crippen LogP contribution in [-0.4, -0.2) is 16.8 Å². The fraction of sp³-hybridized carbons (Fsp3) is 0.143. The van der Waals surface area contributed by atoms with Crippen LogP contribution < -0.4 is 0 Å². The van der Waals surface area contributed by atoms with Crippen LogP contribution in [0.5, 0.6) is 0 Å². The van der Waals surface area contributed by atoms with Gasteiger partial charge in [0, 0.05) is 0 Å². The SMILES string of the molecule is Cc1ccc(S(=O)(=O)c2cc(C)ccc2S(=O)(=O)F)cc1. The highest BCUT2D eigenvalue weighted by molar-refractivity contribution is 7.93. The molecule has 0 spiro atoms. The molecule has 0 radical (unpaired) electrons. The Morgan fingerprint density at radius 3 is 1.81 bits per heavy atom. The lowest BCUT2D eigenvalue weighted by Gasteiger charge is -2.09. The zero-order valence-electron chi connectivity index (χ0n) is 11.4. The molecule has 2 rings (SSSR count). The molecule has 4 nitrogen and oxygen atoms in total. The van der Waals surface area contributed by atoms with E-state index in [0.717, 1.165) is 17.7 Å². The summed E-state index contributed by atoms with van der Waals surface area (Å²) < 4.78 is 60.7. The lowest BCUT2D eigenvalue weighted by atomic mass is 10.2. The maximum absolute atomic E-state index is 13.3. The van der Waals surface area contributed by atoms with Gasteiger partial charge in [0.15, 0.2) is 0 Å². The highest BCUT2D eigenvalue weighted by Gasteiger charge is 2.27. The largest absolute Gasteiger partial charge is 0.333 e. The van der Waals surface area contributed by atoms with Crippen LogP contribution in [0.25, 0.3) is 0 Å². The molecule has 0 N–H and O–H groups in total. The normalized spacial score (nSPS) is 12.3. The van der Waals surface area contributed by atoms with E-state index in [9.17, 15) is 20.7 Å². The maximum atomic E-state index is 13.3. The number of aryl methyl sites for hydroxylation is 2. The summed E-state index contributed by atoms with van der Waals surface area (Å²) in [7, 11) is -9.24. The van der Waals surface area contributed by atoms with Gasteiger partial charge in [-0.2, -0.15) is 8.42 Å². The highest BCUT2D eigenvalue weighted by atomic mass is 32.3. The van der Waals surface area contributed by atoms with Gasteiger partial charge in [-0.1, -0.05) is 23.8 Å². The minimum atomic E-state index is -5.13. The van der Waals surface area contributed by atoms with E-state index in [0.29, 0.717) is 5.56 Å². The van der Waals surface area contributed by atoms with Crippen molar-refractivity contribution in [3.05, 3.63) is 53.6 Å². The van der Waals surface area contributed by atoms with Gasteiger partial charge in [-0.15, -0.1) is 3.89 Å². The molecular formula is C14H13FO4S2. The van der Waals surface area contributed by atoms with Crippen LogP contribution in [0.1, 0.15) is 11.1 Å². The molecule has 0 aliphatic rings. The first-order chi connectivity index (χ1) is 9.62. The number of rotatable bonds is 3. The molecule has 0 unspecified atom stereocenters. The Balaban J connectivity index is 2.76. The molecule has 0 heterocycles. The highest BCUT2D eigenvalue weighted by Crippen LogP contribution is 2.29. The van der Waals surface area contributed by atoms with Gasteiger partial charge in [-0.3, -0.25) is 0 Å². The predicted octanol–water partition coefficient (Wildman–Crippen LogP) is 2.79. The van der Waals surface area contributed by atoms with E-state index >= 15 is 0 Å². The summed E-state index contributed by atoms with van der Waals surface area (Å²) in [4.78, 5) is -1.47. The van der Waals surface area contributed by atoms with Crippen molar-refractivity contribution >= 4 is 20.1 Å². The van der Waals surface area contributed by atoms with E-state index in [1.807, 2.05) is 0 Å². The molecule has 0 atom stereocenters. The molecule has 0 saturated heterocycles. The van der Waals surface area contributed by atoms with Gasteiger partial charge in [0.25, 0.3) is 0 Å². The van der Waals surface area contributed by atoms with Crippen molar-refractivity contribution in [1.29, 1.82) is 0 Å². The van der Waals surface area contributed by atoms with Crippen molar-refractivity contribution in [3.8, 4) is 0 Å². The van der Waals surface area contributed by atoms with E-state index in [1.165, 1.54) is 18.2 Å². The Kier molecular flexibility index (Phi) is 3.90. The summed E-state index contributed by atoms with van der Waals surface area (Å²) in [6.45, 7) is 3.39. The van der Waals surface area contributed by atoms with Gasteiger partial charge in [0.2, 0.25) is 9.84 Å². The molecular weight excluding hydrogens is 315 g/mol. The van der Waals surface area contributed by atoms with Crippen LogP contribution in [0, 0.1) is 13.8 Å². The Morgan fingerprint density at radius 1 is 0.762 bits per heavy atom. The predicted molar refractivity (Wildman–Crippen MR) is 76.1 cm³/mol. The molecule has 0 saturated carbocycles. The minimum Gasteiger partial charge on any atom is -0.218 e. The second-order valence-electron chi connectivity index (χ2n) is 4.70. The fourth-order valence-corrected chi connectivity index (χ4v) is 4.45. The molecule has 0 amide bonds. The van der Waals surface area contributed by atoms with Crippen LogP contribution in [0.4, 0.5) is 3.89 Å². The van der Waals surface area contributed by atoms with Gasteiger partial charge in [-0.05, 0) is 43.7 Å². The van der Waals surface area contributed by atoms with Crippen molar-refractivity contribution in [2.24, 2.45) is 0 Å². The number of benzene rings is 2. The average molecular weight is 328 g/mol. The number of hydrogen-bond donors (Lipinski definition) is 0. The quantitative estimate of drug-likeness (QED) is 0.813. The average Bonchev–Trinajstić information content (AvgIpc) is 2.37. The monoisotopic (exact) mass is 328 g/mol. The van der Waals surface area contributed by atoms with E-state index in [4.69, 9.17) is 0 Å². The Labute approximate surface area is 123 Å². The minimum absolute atomic E-state index is 0.0800. The Morgan fingerprint density at radius 2 is 1.29 bits per heavy atom. The van der Waals surface area contributed by atoms with Crippen molar-refractivity contribution in [1.82, 2.24) is 0 Å². The van der Waals surface area contributed by atoms with Crippen molar-refractivity contribution in [3.63, 3.8) is 0 Å². The lowest BCUT2D eigenvalue weighted by molar-refractivity contribution is 0.546. The zero-order valence-corrected chi connectivity index (χ0v) is 13.0. The first kappa shape index (κ1) is 15.7. The fourth-order valence-electron chi connectivity index (χ4n) is 1.87. The molecule has 21 heavy (non-hydrogen) atoms. The molecule has 2 aromatic carbocycles. The molecule has 0 aliphatic carbocycles. The van der Waals surface area contributed by atoms with E-state index in [1.54, 1.807) is 26.0 Å². The van der Waals surface area contributed by atoms with Gasteiger partial charge < -0.3 is 0 Å². The third-order valence-electron chi connectivity index (χ3n) is 2.98. The number of sulfone groups is 1. The van der Waals surface area contributed by atoms with E-state index in [-0.39, 0.29) is 4.90 Å². The third kappa shape index (κ3) is 3.14. The van der Waals surface area contributed by atoms with Crippen LogP contribution in [0.3, 0.4) is 0 Å². The van der Waals surface area contributed by atoms with Gasteiger partial charge in [0.05, 0.1) is 9.79 Å². The molecule has 112 valence electrons. The summed E-state index contributed by atoms with van der Waals surface area (Å²) >= 11 is 0. The van der Waals surface area contributed by atoms with Crippen molar-refractivity contribution < 1.29 is 20.7 Å². The lowest BCUT2D eigenvalue weighted by Crippen LogP contribution is -2.08. The second kappa shape index (κ2) is 5.23. The van der Waals surface area contributed by atoms with Gasteiger partial charge >= 0.3 is 10.2 Å². The molecule has 0 bridgehead atoms. The van der Waals surface area contributed by atoms with Crippen LogP contribution in [0.2, 0.25) is 0 Å². The molecule has 0 aromatic heterocycles. The van der Waals surface area contributed by atoms with Gasteiger partial charge in [-0.25, -0.2) is 8.42 Å².